The lowest BCUT2D eigenvalue weighted by molar-refractivity contribution is 0.421. The normalized spacial score (nSPS) is 10.2. The van der Waals surface area contributed by atoms with Crippen LogP contribution < -0.4 is 8.85 Å². The molecule has 0 fully saturated rings. The monoisotopic (exact) mass is 270 g/mol. The van der Waals surface area contributed by atoms with E-state index in [4.69, 9.17) is 8.85 Å². The van der Waals surface area contributed by atoms with E-state index in [1.807, 2.05) is 66.7 Å². The number of hydrogen-bond acceptors (Lipinski definition) is 2. The summed E-state index contributed by atoms with van der Waals surface area (Å²) in [6.07, 6.45) is 2.82. The molecule has 0 spiro atoms. The van der Waals surface area contributed by atoms with Crippen LogP contribution in [0.15, 0.2) is 73.3 Å². The number of allylic oxidation sites excluding steroid dienone is 1. The SMILES string of the molecule is C=CCC[SiH](Oc1ccccc1)Oc1ccccc1. The maximum atomic E-state index is 5.99. The minimum atomic E-state index is -1.78. The fourth-order valence-corrected chi connectivity index (χ4v) is 3.41. The summed E-state index contributed by atoms with van der Waals surface area (Å²) in [7, 11) is -1.78. The van der Waals surface area contributed by atoms with Gasteiger partial charge in [0, 0.05) is 6.04 Å². The molecule has 2 rings (SSSR count). The summed E-state index contributed by atoms with van der Waals surface area (Å²) in [5, 5.41) is 0. The lowest BCUT2D eigenvalue weighted by Crippen LogP contribution is -2.29. The average Bonchev–Trinajstić information content (AvgIpc) is 2.47. The largest absolute Gasteiger partial charge is 0.514 e. The van der Waals surface area contributed by atoms with E-state index in [-0.39, 0.29) is 0 Å². The fourth-order valence-electron chi connectivity index (χ4n) is 1.70. The number of hydrogen-bond donors (Lipinski definition) is 0. The van der Waals surface area contributed by atoms with Gasteiger partial charge in [-0.25, -0.2) is 0 Å². The van der Waals surface area contributed by atoms with Crippen LogP contribution in [0.2, 0.25) is 6.04 Å². The first kappa shape index (κ1) is 13.4. The minimum absolute atomic E-state index is 0.874. The third-order valence-electron chi connectivity index (χ3n) is 2.63. The van der Waals surface area contributed by atoms with Crippen LogP contribution >= 0.6 is 0 Å². The van der Waals surface area contributed by atoms with Gasteiger partial charge in [-0.3, -0.25) is 0 Å². The van der Waals surface area contributed by atoms with Gasteiger partial charge in [-0.15, -0.1) is 6.58 Å². The highest BCUT2D eigenvalue weighted by atomic mass is 28.3. The Morgan fingerprint density at radius 1 is 0.842 bits per heavy atom. The number of para-hydroxylation sites is 2. The van der Waals surface area contributed by atoms with Gasteiger partial charge in [-0.2, -0.15) is 0 Å². The van der Waals surface area contributed by atoms with E-state index < -0.39 is 9.28 Å². The molecule has 0 aliphatic heterocycles. The predicted molar refractivity (Wildman–Crippen MR) is 80.9 cm³/mol. The summed E-state index contributed by atoms with van der Waals surface area (Å²) < 4.78 is 12.0. The molecule has 0 heterocycles. The van der Waals surface area contributed by atoms with Crippen molar-refractivity contribution in [3.05, 3.63) is 73.3 Å². The van der Waals surface area contributed by atoms with Gasteiger partial charge in [-0.1, -0.05) is 42.5 Å². The molecule has 0 unspecified atom stereocenters. The van der Waals surface area contributed by atoms with Crippen molar-refractivity contribution in [1.82, 2.24) is 0 Å². The van der Waals surface area contributed by atoms with E-state index >= 15 is 0 Å². The van der Waals surface area contributed by atoms with E-state index in [1.54, 1.807) is 0 Å². The Balaban J connectivity index is 2.01. The Labute approximate surface area is 116 Å². The number of rotatable bonds is 7. The smallest absolute Gasteiger partial charge is 0.444 e. The van der Waals surface area contributed by atoms with Gasteiger partial charge in [0.25, 0.3) is 0 Å². The van der Waals surface area contributed by atoms with E-state index in [2.05, 4.69) is 6.58 Å². The first-order valence-electron chi connectivity index (χ1n) is 6.43. The zero-order valence-electron chi connectivity index (χ0n) is 10.9. The maximum Gasteiger partial charge on any atom is 0.444 e. The summed E-state index contributed by atoms with van der Waals surface area (Å²) in [6.45, 7) is 3.76. The average molecular weight is 270 g/mol. The second-order valence-electron chi connectivity index (χ2n) is 4.16. The molecule has 19 heavy (non-hydrogen) atoms. The van der Waals surface area contributed by atoms with Crippen LogP contribution in [0.4, 0.5) is 0 Å². The molecule has 0 atom stereocenters. The summed E-state index contributed by atoms with van der Waals surface area (Å²) in [6, 6.07) is 20.6. The quantitative estimate of drug-likeness (QED) is 0.560. The van der Waals surface area contributed by atoms with Gasteiger partial charge in [-0.05, 0) is 30.7 Å². The van der Waals surface area contributed by atoms with Crippen molar-refractivity contribution in [2.24, 2.45) is 0 Å². The molecule has 0 N–H and O–H groups in total. The Bertz CT molecular complexity index is 443. The van der Waals surface area contributed by atoms with Gasteiger partial charge in [0.15, 0.2) is 0 Å². The summed E-state index contributed by atoms with van der Waals surface area (Å²) in [5.41, 5.74) is 0. The van der Waals surface area contributed by atoms with Crippen LogP contribution in [0.3, 0.4) is 0 Å². The van der Waals surface area contributed by atoms with Gasteiger partial charge < -0.3 is 8.85 Å². The van der Waals surface area contributed by atoms with E-state index in [9.17, 15) is 0 Å². The van der Waals surface area contributed by atoms with E-state index in [0.717, 1.165) is 24.0 Å². The topological polar surface area (TPSA) is 18.5 Å². The van der Waals surface area contributed by atoms with Gasteiger partial charge in [0.2, 0.25) is 0 Å². The van der Waals surface area contributed by atoms with Crippen molar-refractivity contribution in [1.29, 1.82) is 0 Å². The van der Waals surface area contributed by atoms with Crippen molar-refractivity contribution < 1.29 is 8.85 Å². The number of benzene rings is 2. The molecule has 0 radical (unpaired) electrons. The second kappa shape index (κ2) is 7.44. The lowest BCUT2D eigenvalue weighted by Gasteiger charge is -2.18. The summed E-state index contributed by atoms with van der Waals surface area (Å²) >= 11 is 0. The standard InChI is InChI=1S/C16H18O2Si/c1-2-3-14-19(17-15-10-6-4-7-11-15)18-16-12-8-5-9-13-16/h2,4-13,19H,1,3,14H2. The molecule has 3 heteroatoms. The van der Waals surface area contributed by atoms with Crippen LogP contribution in [0, 0.1) is 0 Å². The van der Waals surface area contributed by atoms with Gasteiger partial charge in [0.05, 0.1) is 0 Å². The molecule has 0 saturated carbocycles. The molecule has 0 saturated heterocycles. The zero-order valence-corrected chi connectivity index (χ0v) is 12.0. The van der Waals surface area contributed by atoms with Crippen molar-refractivity contribution >= 4 is 9.28 Å². The predicted octanol–water partition coefficient (Wildman–Crippen LogP) is 3.94. The second-order valence-corrected chi connectivity index (χ2v) is 6.07. The van der Waals surface area contributed by atoms with Crippen LogP contribution in [-0.4, -0.2) is 9.28 Å². The Morgan fingerprint density at radius 3 is 1.74 bits per heavy atom. The molecule has 0 aromatic heterocycles. The van der Waals surface area contributed by atoms with E-state index in [0.29, 0.717) is 0 Å². The Hall–Kier alpha value is -2.00. The molecule has 2 nitrogen and oxygen atoms in total. The highest BCUT2D eigenvalue weighted by Crippen LogP contribution is 2.16. The van der Waals surface area contributed by atoms with Crippen molar-refractivity contribution in [3.8, 4) is 11.5 Å². The van der Waals surface area contributed by atoms with Crippen molar-refractivity contribution in [2.45, 2.75) is 12.5 Å². The summed E-state index contributed by atoms with van der Waals surface area (Å²) in [5.74, 6) is 1.75. The Morgan fingerprint density at radius 2 is 1.32 bits per heavy atom. The van der Waals surface area contributed by atoms with E-state index in [1.165, 1.54) is 0 Å². The molecule has 0 aliphatic carbocycles. The van der Waals surface area contributed by atoms with Crippen LogP contribution in [0.5, 0.6) is 11.5 Å². The fraction of sp³-hybridized carbons (Fsp3) is 0.125. The maximum absolute atomic E-state index is 5.99. The zero-order chi connectivity index (χ0) is 13.3. The van der Waals surface area contributed by atoms with Crippen LogP contribution in [0.25, 0.3) is 0 Å². The highest BCUT2D eigenvalue weighted by Gasteiger charge is 2.16. The highest BCUT2D eigenvalue weighted by molar-refractivity contribution is 6.46. The first-order chi connectivity index (χ1) is 9.38. The molecule has 98 valence electrons. The van der Waals surface area contributed by atoms with Crippen molar-refractivity contribution in [2.75, 3.05) is 0 Å². The molecule has 0 bridgehead atoms. The Kier molecular flexibility index (Phi) is 5.26. The van der Waals surface area contributed by atoms with Gasteiger partial charge >= 0.3 is 9.28 Å². The van der Waals surface area contributed by atoms with Crippen molar-refractivity contribution in [3.63, 3.8) is 0 Å². The third kappa shape index (κ3) is 4.64. The molecule has 2 aromatic rings. The lowest BCUT2D eigenvalue weighted by atomic mass is 10.3. The molecular weight excluding hydrogens is 252 g/mol. The third-order valence-corrected chi connectivity index (χ3v) is 4.50. The van der Waals surface area contributed by atoms with Gasteiger partial charge in [0.1, 0.15) is 11.5 Å². The molecule has 2 aromatic carbocycles. The van der Waals surface area contributed by atoms with Crippen LogP contribution in [-0.2, 0) is 0 Å². The molecule has 0 aliphatic rings. The molecular formula is C16H18O2Si. The molecule has 0 amide bonds. The summed E-state index contributed by atoms with van der Waals surface area (Å²) in [4.78, 5) is 0. The minimum Gasteiger partial charge on any atom is -0.514 e. The first-order valence-corrected chi connectivity index (χ1v) is 8.19. The van der Waals surface area contributed by atoms with Crippen LogP contribution in [0.1, 0.15) is 6.42 Å².